The monoisotopic (exact) mass is 446 g/mol. The van der Waals surface area contributed by atoms with Crippen LogP contribution in [0.2, 0.25) is 0 Å². The molecule has 0 aromatic heterocycles. The van der Waals surface area contributed by atoms with Crippen LogP contribution in [0.3, 0.4) is 0 Å². The molecule has 2 aromatic rings. The van der Waals surface area contributed by atoms with Crippen LogP contribution in [-0.4, -0.2) is 36.4 Å². The second-order valence-corrected chi connectivity index (χ2v) is 7.87. The topological polar surface area (TPSA) is 58.6 Å². The molecule has 1 atom stereocenters. The first-order chi connectivity index (χ1) is 13.3. The smallest absolute Gasteiger partial charge is 0.261 e. The lowest BCUT2D eigenvalue weighted by molar-refractivity contribution is -0.142. The van der Waals surface area contributed by atoms with Crippen molar-refractivity contribution < 1.29 is 14.3 Å². The molecule has 28 heavy (non-hydrogen) atoms. The first-order valence-corrected chi connectivity index (χ1v) is 10.1. The van der Waals surface area contributed by atoms with E-state index < -0.39 is 6.04 Å². The number of benzene rings is 2. The third-order valence-electron chi connectivity index (χ3n) is 4.56. The van der Waals surface area contributed by atoms with Gasteiger partial charge in [-0.1, -0.05) is 54.0 Å². The van der Waals surface area contributed by atoms with Crippen LogP contribution in [-0.2, 0) is 16.1 Å². The molecule has 0 saturated heterocycles. The van der Waals surface area contributed by atoms with E-state index in [4.69, 9.17) is 4.74 Å². The quantitative estimate of drug-likeness (QED) is 0.663. The minimum Gasteiger partial charge on any atom is -0.484 e. The summed E-state index contributed by atoms with van der Waals surface area (Å²) in [5, 5.41) is 2.60. The number of halogens is 1. The van der Waals surface area contributed by atoms with Crippen molar-refractivity contribution in [2.75, 3.05) is 13.7 Å². The van der Waals surface area contributed by atoms with Gasteiger partial charge in [0.25, 0.3) is 5.91 Å². The van der Waals surface area contributed by atoms with Crippen molar-refractivity contribution in [2.45, 2.75) is 39.3 Å². The molecule has 0 aliphatic heterocycles. The lowest BCUT2D eigenvalue weighted by atomic mass is 10.0. The number of nitrogens with one attached hydrogen (secondary N) is 1. The van der Waals surface area contributed by atoms with E-state index in [1.54, 1.807) is 14.0 Å². The van der Waals surface area contributed by atoms with Gasteiger partial charge >= 0.3 is 0 Å². The number of amides is 2. The fourth-order valence-electron chi connectivity index (χ4n) is 2.80. The highest BCUT2D eigenvalue weighted by Crippen LogP contribution is 2.19. The van der Waals surface area contributed by atoms with Crippen LogP contribution in [0, 0.1) is 0 Å². The number of ether oxygens (including phenoxy) is 1. The first-order valence-electron chi connectivity index (χ1n) is 9.30. The summed E-state index contributed by atoms with van der Waals surface area (Å²) in [7, 11) is 1.56. The Hall–Kier alpha value is -2.34. The van der Waals surface area contributed by atoms with Gasteiger partial charge in [-0.15, -0.1) is 0 Å². The van der Waals surface area contributed by atoms with Crippen LogP contribution in [0.25, 0.3) is 0 Å². The largest absolute Gasteiger partial charge is 0.484 e. The SMILES string of the molecule is CNC(=O)[C@H](C)N(Cc1cccc(Br)c1)C(=O)COc1ccc(C(C)C)cc1. The molecule has 0 bridgehead atoms. The molecule has 2 aromatic carbocycles. The van der Waals surface area contributed by atoms with Crippen molar-refractivity contribution >= 4 is 27.7 Å². The number of likely N-dealkylation sites (N-methyl/N-ethyl adjacent to an activating group) is 1. The summed E-state index contributed by atoms with van der Waals surface area (Å²) in [6, 6.07) is 14.8. The summed E-state index contributed by atoms with van der Waals surface area (Å²) in [5.74, 6) is 0.603. The number of hydrogen-bond donors (Lipinski definition) is 1. The van der Waals surface area contributed by atoms with Crippen LogP contribution in [0.15, 0.2) is 53.0 Å². The fourth-order valence-corrected chi connectivity index (χ4v) is 3.25. The van der Waals surface area contributed by atoms with Crippen molar-refractivity contribution in [2.24, 2.45) is 0 Å². The number of hydrogen-bond acceptors (Lipinski definition) is 3. The van der Waals surface area contributed by atoms with Crippen LogP contribution in [0.5, 0.6) is 5.75 Å². The lowest BCUT2D eigenvalue weighted by Crippen LogP contribution is -2.48. The van der Waals surface area contributed by atoms with E-state index in [0.717, 1.165) is 10.0 Å². The van der Waals surface area contributed by atoms with E-state index >= 15 is 0 Å². The van der Waals surface area contributed by atoms with Crippen molar-refractivity contribution in [3.05, 3.63) is 64.1 Å². The summed E-state index contributed by atoms with van der Waals surface area (Å²) in [6.45, 7) is 6.16. The summed E-state index contributed by atoms with van der Waals surface area (Å²) in [5.41, 5.74) is 2.14. The molecule has 6 heteroatoms. The van der Waals surface area contributed by atoms with Crippen molar-refractivity contribution in [3.8, 4) is 5.75 Å². The third kappa shape index (κ3) is 6.09. The molecule has 2 rings (SSSR count). The number of rotatable bonds is 8. The minimum atomic E-state index is -0.608. The molecule has 0 fully saturated rings. The third-order valence-corrected chi connectivity index (χ3v) is 5.06. The number of nitrogens with zero attached hydrogens (tertiary/aromatic N) is 1. The van der Waals surface area contributed by atoms with E-state index in [1.807, 2.05) is 48.5 Å². The molecule has 0 saturated carbocycles. The lowest BCUT2D eigenvalue weighted by Gasteiger charge is -2.28. The zero-order valence-corrected chi connectivity index (χ0v) is 18.3. The summed E-state index contributed by atoms with van der Waals surface area (Å²) >= 11 is 3.44. The molecular formula is C22H27BrN2O3. The fraction of sp³-hybridized carbons (Fsp3) is 0.364. The molecule has 2 amide bonds. The molecule has 1 N–H and O–H groups in total. The summed E-state index contributed by atoms with van der Waals surface area (Å²) in [4.78, 5) is 26.5. The van der Waals surface area contributed by atoms with Gasteiger partial charge in [-0.2, -0.15) is 0 Å². The highest BCUT2D eigenvalue weighted by Gasteiger charge is 2.25. The highest BCUT2D eigenvalue weighted by molar-refractivity contribution is 9.10. The normalized spacial score (nSPS) is 11.8. The van der Waals surface area contributed by atoms with E-state index in [-0.39, 0.29) is 18.4 Å². The Kier molecular flexibility index (Phi) is 8.05. The van der Waals surface area contributed by atoms with E-state index in [2.05, 4.69) is 35.1 Å². The van der Waals surface area contributed by atoms with E-state index in [9.17, 15) is 9.59 Å². The molecular weight excluding hydrogens is 420 g/mol. The van der Waals surface area contributed by atoms with Gasteiger partial charge in [-0.25, -0.2) is 0 Å². The molecule has 0 spiro atoms. The molecule has 5 nitrogen and oxygen atoms in total. The molecule has 0 unspecified atom stereocenters. The van der Waals surface area contributed by atoms with Gasteiger partial charge in [-0.3, -0.25) is 9.59 Å². The van der Waals surface area contributed by atoms with E-state index in [1.165, 1.54) is 10.5 Å². The number of carbonyl (C=O) groups excluding carboxylic acids is 2. The zero-order chi connectivity index (χ0) is 20.7. The standard InChI is InChI=1S/C22H27BrN2O3/c1-15(2)18-8-10-20(11-9-18)28-14-21(26)25(16(3)22(27)24-4)13-17-6-5-7-19(23)12-17/h5-12,15-16H,13-14H2,1-4H3,(H,24,27)/t16-/m0/s1. The molecule has 0 heterocycles. The van der Waals surface area contributed by atoms with Gasteiger partial charge < -0.3 is 15.0 Å². The minimum absolute atomic E-state index is 0.129. The van der Waals surface area contributed by atoms with Gasteiger partial charge in [0.1, 0.15) is 11.8 Å². The Morgan fingerprint density at radius 3 is 2.36 bits per heavy atom. The predicted octanol–water partition coefficient (Wildman–Crippen LogP) is 4.11. The molecule has 0 radical (unpaired) electrons. The maximum Gasteiger partial charge on any atom is 0.261 e. The maximum atomic E-state index is 12.9. The van der Waals surface area contributed by atoms with Gasteiger partial charge in [-0.05, 0) is 48.2 Å². The van der Waals surface area contributed by atoms with Gasteiger partial charge in [0, 0.05) is 18.1 Å². The summed E-state index contributed by atoms with van der Waals surface area (Å²) in [6.07, 6.45) is 0. The Labute approximate surface area is 175 Å². The second-order valence-electron chi connectivity index (χ2n) is 6.95. The van der Waals surface area contributed by atoms with Crippen molar-refractivity contribution in [3.63, 3.8) is 0 Å². The predicted molar refractivity (Wildman–Crippen MR) is 114 cm³/mol. The molecule has 150 valence electrons. The Bertz CT molecular complexity index is 806. The first kappa shape index (κ1) is 22.0. The number of carbonyl (C=O) groups is 2. The maximum absolute atomic E-state index is 12.9. The van der Waals surface area contributed by atoms with Gasteiger partial charge in [0.2, 0.25) is 5.91 Å². The Morgan fingerprint density at radius 2 is 1.79 bits per heavy atom. The zero-order valence-electron chi connectivity index (χ0n) is 16.7. The Morgan fingerprint density at radius 1 is 1.11 bits per heavy atom. The molecule has 0 aliphatic rings. The van der Waals surface area contributed by atoms with Gasteiger partial charge in [0.05, 0.1) is 0 Å². The summed E-state index contributed by atoms with van der Waals surface area (Å²) < 4.78 is 6.60. The highest BCUT2D eigenvalue weighted by atomic mass is 79.9. The van der Waals surface area contributed by atoms with Crippen LogP contribution < -0.4 is 10.1 Å². The van der Waals surface area contributed by atoms with Crippen LogP contribution in [0.4, 0.5) is 0 Å². The van der Waals surface area contributed by atoms with Crippen molar-refractivity contribution in [1.82, 2.24) is 10.2 Å². The van der Waals surface area contributed by atoms with Crippen LogP contribution in [0.1, 0.15) is 37.8 Å². The molecule has 0 aliphatic carbocycles. The second kappa shape index (κ2) is 10.3. The van der Waals surface area contributed by atoms with Crippen molar-refractivity contribution in [1.29, 1.82) is 0 Å². The van der Waals surface area contributed by atoms with E-state index in [0.29, 0.717) is 18.2 Å². The van der Waals surface area contributed by atoms with Crippen LogP contribution >= 0.6 is 15.9 Å². The Balaban J connectivity index is 2.10. The van der Waals surface area contributed by atoms with Gasteiger partial charge in [0.15, 0.2) is 6.61 Å². The average Bonchev–Trinajstić information content (AvgIpc) is 2.69. The average molecular weight is 447 g/mol.